The van der Waals surface area contributed by atoms with Crippen LogP contribution in [0.25, 0.3) is 16.9 Å². The molecule has 0 spiro atoms. The Hall–Kier alpha value is -2.42. The number of hydrogen-bond donors (Lipinski definition) is 0. The van der Waals surface area contributed by atoms with Crippen LogP contribution in [0.2, 0.25) is 0 Å². The summed E-state index contributed by atoms with van der Waals surface area (Å²) in [7, 11) is 0. The molecule has 0 atom stereocenters. The predicted octanol–water partition coefficient (Wildman–Crippen LogP) is 3.12. The van der Waals surface area contributed by atoms with Gasteiger partial charge in [-0.15, -0.1) is 0 Å². The SMILES string of the molecule is Cc1ccc(-c2nc(C=O)c3ccccn23)cc1. The maximum absolute atomic E-state index is 11.0. The van der Waals surface area contributed by atoms with Gasteiger partial charge in [0.25, 0.3) is 0 Å². The van der Waals surface area contributed by atoms with Crippen molar-refractivity contribution in [1.82, 2.24) is 9.38 Å². The van der Waals surface area contributed by atoms with Gasteiger partial charge in [0.15, 0.2) is 6.29 Å². The molecule has 0 N–H and O–H groups in total. The van der Waals surface area contributed by atoms with Crippen molar-refractivity contribution in [3.05, 3.63) is 59.9 Å². The van der Waals surface area contributed by atoms with Gasteiger partial charge < -0.3 is 0 Å². The third-order valence-corrected chi connectivity index (χ3v) is 3.00. The first-order valence-electron chi connectivity index (χ1n) is 5.79. The molecule has 2 heterocycles. The normalized spacial score (nSPS) is 10.7. The topological polar surface area (TPSA) is 34.4 Å². The molecule has 2 aromatic heterocycles. The standard InChI is InChI=1S/C15H12N2O/c1-11-5-7-12(8-6-11)15-16-13(10-18)14-4-2-3-9-17(14)15/h2-10H,1H3. The second kappa shape index (κ2) is 4.11. The van der Waals surface area contributed by atoms with Gasteiger partial charge in [0.2, 0.25) is 0 Å². The second-order valence-electron chi connectivity index (χ2n) is 4.26. The molecule has 3 heteroatoms. The molecule has 0 saturated carbocycles. The van der Waals surface area contributed by atoms with Crippen LogP contribution in [-0.2, 0) is 0 Å². The van der Waals surface area contributed by atoms with Crippen LogP contribution < -0.4 is 0 Å². The first kappa shape index (κ1) is 10.7. The van der Waals surface area contributed by atoms with Crippen LogP contribution in [0.4, 0.5) is 0 Å². The van der Waals surface area contributed by atoms with E-state index in [0.717, 1.165) is 23.2 Å². The number of aldehydes is 1. The Morgan fingerprint density at radius 1 is 1.11 bits per heavy atom. The smallest absolute Gasteiger partial charge is 0.170 e. The number of hydrogen-bond acceptors (Lipinski definition) is 2. The Labute approximate surface area is 105 Å². The summed E-state index contributed by atoms with van der Waals surface area (Å²) in [6.45, 7) is 2.05. The van der Waals surface area contributed by atoms with Crippen LogP contribution in [0.1, 0.15) is 16.1 Å². The highest BCUT2D eigenvalue weighted by atomic mass is 16.1. The number of imidazole rings is 1. The van der Waals surface area contributed by atoms with Crippen LogP contribution in [0, 0.1) is 6.92 Å². The van der Waals surface area contributed by atoms with Crippen molar-refractivity contribution >= 4 is 11.8 Å². The van der Waals surface area contributed by atoms with E-state index in [1.54, 1.807) is 0 Å². The Morgan fingerprint density at radius 2 is 1.89 bits per heavy atom. The molecule has 0 bridgehead atoms. The summed E-state index contributed by atoms with van der Waals surface area (Å²) in [5.41, 5.74) is 3.53. The summed E-state index contributed by atoms with van der Waals surface area (Å²) < 4.78 is 1.94. The van der Waals surface area contributed by atoms with Gasteiger partial charge >= 0.3 is 0 Å². The number of benzene rings is 1. The van der Waals surface area contributed by atoms with Gasteiger partial charge in [0.1, 0.15) is 11.5 Å². The summed E-state index contributed by atoms with van der Waals surface area (Å²) in [5, 5.41) is 0. The summed E-state index contributed by atoms with van der Waals surface area (Å²) >= 11 is 0. The van der Waals surface area contributed by atoms with E-state index in [1.165, 1.54) is 5.56 Å². The van der Waals surface area contributed by atoms with Gasteiger partial charge in [0.05, 0.1) is 5.52 Å². The van der Waals surface area contributed by atoms with Crippen LogP contribution in [0.3, 0.4) is 0 Å². The minimum Gasteiger partial charge on any atom is -0.299 e. The predicted molar refractivity (Wildman–Crippen MR) is 70.8 cm³/mol. The molecule has 0 amide bonds. The van der Waals surface area contributed by atoms with Crippen molar-refractivity contribution in [3.8, 4) is 11.4 Å². The lowest BCUT2D eigenvalue weighted by atomic mass is 10.1. The molecule has 0 aliphatic carbocycles. The van der Waals surface area contributed by atoms with E-state index in [2.05, 4.69) is 4.98 Å². The number of aromatic nitrogens is 2. The molecule has 0 saturated heterocycles. The van der Waals surface area contributed by atoms with Crippen molar-refractivity contribution in [2.24, 2.45) is 0 Å². The van der Waals surface area contributed by atoms with Gasteiger partial charge in [-0.3, -0.25) is 9.20 Å². The summed E-state index contributed by atoms with van der Waals surface area (Å²) in [5.74, 6) is 0.799. The molecule has 3 rings (SSSR count). The minimum atomic E-state index is 0.478. The zero-order valence-corrected chi connectivity index (χ0v) is 10.00. The van der Waals surface area contributed by atoms with E-state index >= 15 is 0 Å². The first-order valence-corrected chi connectivity index (χ1v) is 5.79. The van der Waals surface area contributed by atoms with Crippen molar-refractivity contribution in [3.63, 3.8) is 0 Å². The summed E-state index contributed by atoms with van der Waals surface area (Å²) in [6.07, 6.45) is 2.72. The molecule has 88 valence electrons. The Bertz CT molecular complexity index is 711. The summed E-state index contributed by atoms with van der Waals surface area (Å²) in [6, 6.07) is 13.9. The molecule has 1 aromatic carbocycles. The Kier molecular flexibility index (Phi) is 2.45. The zero-order valence-electron chi connectivity index (χ0n) is 10.00. The first-order chi connectivity index (χ1) is 8.79. The number of nitrogens with zero attached hydrogens (tertiary/aromatic N) is 2. The summed E-state index contributed by atoms with van der Waals surface area (Å²) in [4.78, 5) is 15.4. The molecule has 0 aliphatic rings. The van der Waals surface area contributed by atoms with Gasteiger partial charge in [-0.25, -0.2) is 4.98 Å². The molecule has 3 nitrogen and oxygen atoms in total. The lowest BCUT2D eigenvalue weighted by Crippen LogP contribution is -1.88. The van der Waals surface area contributed by atoms with E-state index < -0.39 is 0 Å². The van der Waals surface area contributed by atoms with Crippen molar-refractivity contribution < 1.29 is 4.79 Å². The lowest BCUT2D eigenvalue weighted by molar-refractivity contribution is 0.112. The van der Waals surface area contributed by atoms with Gasteiger partial charge in [0, 0.05) is 11.8 Å². The fourth-order valence-electron chi connectivity index (χ4n) is 2.05. The average molecular weight is 236 g/mol. The van der Waals surface area contributed by atoms with Gasteiger partial charge in [-0.2, -0.15) is 0 Å². The molecule has 0 radical (unpaired) electrons. The highest BCUT2D eigenvalue weighted by Gasteiger charge is 2.10. The van der Waals surface area contributed by atoms with Crippen molar-refractivity contribution in [2.75, 3.05) is 0 Å². The molecule has 0 unspecified atom stereocenters. The number of pyridine rings is 1. The van der Waals surface area contributed by atoms with Crippen LogP contribution in [0.5, 0.6) is 0 Å². The minimum absolute atomic E-state index is 0.478. The van der Waals surface area contributed by atoms with Gasteiger partial charge in [-0.1, -0.05) is 35.9 Å². The Morgan fingerprint density at radius 3 is 2.61 bits per heavy atom. The maximum Gasteiger partial charge on any atom is 0.170 e. The number of fused-ring (bicyclic) bond motifs is 1. The average Bonchev–Trinajstić information content (AvgIpc) is 2.79. The quantitative estimate of drug-likeness (QED) is 0.641. The van der Waals surface area contributed by atoms with E-state index in [4.69, 9.17) is 0 Å². The maximum atomic E-state index is 11.0. The molecule has 0 fully saturated rings. The van der Waals surface area contributed by atoms with Crippen molar-refractivity contribution in [2.45, 2.75) is 6.92 Å². The third kappa shape index (κ3) is 1.61. The fraction of sp³-hybridized carbons (Fsp3) is 0.0667. The van der Waals surface area contributed by atoms with Crippen LogP contribution >= 0.6 is 0 Å². The highest BCUT2D eigenvalue weighted by molar-refractivity contribution is 5.85. The monoisotopic (exact) mass is 236 g/mol. The molecule has 0 aliphatic heterocycles. The molecular weight excluding hydrogens is 224 g/mol. The van der Waals surface area contributed by atoms with E-state index in [1.807, 2.05) is 60.0 Å². The molecule has 3 aromatic rings. The molecular formula is C15H12N2O. The third-order valence-electron chi connectivity index (χ3n) is 3.00. The fourth-order valence-corrected chi connectivity index (χ4v) is 2.05. The zero-order chi connectivity index (χ0) is 12.5. The lowest BCUT2D eigenvalue weighted by Gasteiger charge is -2.01. The van der Waals surface area contributed by atoms with E-state index in [-0.39, 0.29) is 0 Å². The van der Waals surface area contributed by atoms with Gasteiger partial charge in [-0.05, 0) is 19.1 Å². The second-order valence-corrected chi connectivity index (χ2v) is 4.26. The number of carbonyl (C=O) groups is 1. The van der Waals surface area contributed by atoms with Crippen LogP contribution in [-0.4, -0.2) is 15.7 Å². The van der Waals surface area contributed by atoms with Crippen LogP contribution in [0.15, 0.2) is 48.7 Å². The van der Waals surface area contributed by atoms with Crippen molar-refractivity contribution in [1.29, 1.82) is 0 Å². The van der Waals surface area contributed by atoms with E-state index in [0.29, 0.717) is 5.69 Å². The number of carbonyl (C=O) groups excluding carboxylic acids is 1. The highest BCUT2D eigenvalue weighted by Crippen LogP contribution is 2.22. The van der Waals surface area contributed by atoms with E-state index in [9.17, 15) is 4.79 Å². The largest absolute Gasteiger partial charge is 0.299 e. The Balaban J connectivity index is 2.29. The number of rotatable bonds is 2. The molecule has 18 heavy (non-hydrogen) atoms. The number of aryl methyl sites for hydroxylation is 1.